The molecule has 0 bridgehead atoms. The molecule has 0 aromatic carbocycles. The zero-order valence-electron chi connectivity index (χ0n) is 10.1. The van der Waals surface area contributed by atoms with E-state index >= 15 is 0 Å². The topological polar surface area (TPSA) is 79.2 Å². The summed E-state index contributed by atoms with van der Waals surface area (Å²) < 4.78 is 10.7. The second-order valence-electron chi connectivity index (χ2n) is 4.03. The quantitative estimate of drug-likeness (QED) is 0.489. The summed E-state index contributed by atoms with van der Waals surface area (Å²) in [5, 5.41) is 26.5. The smallest absolute Gasteiger partial charge is 0.100 e. The molecule has 0 rings (SSSR count). The number of aliphatic hydroxyl groups is 3. The van der Waals surface area contributed by atoms with Crippen molar-refractivity contribution in [3.05, 3.63) is 0 Å². The van der Waals surface area contributed by atoms with Crippen LogP contribution in [0.3, 0.4) is 0 Å². The van der Waals surface area contributed by atoms with Crippen molar-refractivity contribution in [1.82, 2.24) is 0 Å². The average Bonchev–Trinajstić information content (AvgIpc) is 2.32. The molecule has 0 saturated carbocycles. The maximum atomic E-state index is 9.05. The highest BCUT2D eigenvalue weighted by molar-refractivity contribution is 4.57. The predicted molar refractivity (Wildman–Crippen MR) is 60.2 cm³/mol. The largest absolute Gasteiger partial charge is 0.396 e. The number of hydrogen-bond acceptors (Lipinski definition) is 5. The molecule has 0 heterocycles. The molecule has 0 fully saturated rings. The minimum absolute atomic E-state index is 0.0279. The fraction of sp³-hybridized carbons (Fsp3) is 1.00. The summed E-state index contributed by atoms with van der Waals surface area (Å²) in [5.74, 6) is 0.122. The lowest BCUT2D eigenvalue weighted by Gasteiger charge is -2.19. The van der Waals surface area contributed by atoms with Gasteiger partial charge in [0, 0.05) is 12.5 Å². The van der Waals surface area contributed by atoms with Crippen molar-refractivity contribution in [3.8, 4) is 0 Å². The summed E-state index contributed by atoms with van der Waals surface area (Å²) in [5.41, 5.74) is 0. The van der Waals surface area contributed by atoms with Gasteiger partial charge in [0.25, 0.3) is 0 Å². The third kappa shape index (κ3) is 8.01. The molecule has 98 valence electrons. The van der Waals surface area contributed by atoms with Crippen LogP contribution >= 0.6 is 0 Å². The predicted octanol–water partition coefficient (Wildman–Crippen LogP) is -0.220. The molecule has 3 atom stereocenters. The number of rotatable bonds is 10. The van der Waals surface area contributed by atoms with Crippen molar-refractivity contribution in [1.29, 1.82) is 0 Å². The molecule has 0 spiro atoms. The summed E-state index contributed by atoms with van der Waals surface area (Å²) in [6.07, 6.45) is -0.0401. The lowest BCUT2D eigenvalue weighted by atomic mass is 10.2. The van der Waals surface area contributed by atoms with E-state index in [-0.39, 0.29) is 31.8 Å². The first-order chi connectivity index (χ1) is 7.63. The number of hydrogen-bond donors (Lipinski definition) is 3. The van der Waals surface area contributed by atoms with E-state index in [1.165, 1.54) is 0 Å². The van der Waals surface area contributed by atoms with Gasteiger partial charge in [-0.15, -0.1) is 0 Å². The minimum atomic E-state index is -0.825. The van der Waals surface area contributed by atoms with Crippen molar-refractivity contribution in [3.63, 3.8) is 0 Å². The van der Waals surface area contributed by atoms with Gasteiger partial charge in [-0.2, -0.15) is 0 Å². The van der Waals surface area contributed by atoms with Gasteiger partial charge in [0.15, 0.2) is 0 Å². The van der Waals surface area contributed by atoms with Crippen molar-refractivity contribution in [2.24, 2.45) is 5.92 Å². The molecule has 0 aromatic rings. The van der Waals surface area contributed by atoms with Crippen LogP contribution in [0, 0.1) is 5.92 Å². The average molecular weight is 236 g/mol. The maximum Gasteiger partial charge on any atom is 0.100 e. The zero-order chi connectivity index (χ0) is 12.4. The molecule has 5 nitrogen and oxygen atoms in total. The van der Waals surface area contributed by atoms with Crippen LogP contribution in [0.25, 0.3) is 0 Å². The van der Waals surface area contributed by atoms with Gasteiger partial charge in [0.1, 0.15) is 6.10 Å². The van der Waals surface area contributed by atoms with Gasteiger partial charge >= 0.3 is 0 Å². The van der Waals surface area contributed by atoms with Crippen molar-refractivity contribution < 1.29 is 24.8 Å². The van der Waals surface area contributed by atoms with E-state index in [0.29, 0.717) is 13.2 Å². The first kappa shape index (κ1) is 15.8. The normalized spacial score (nSPS) is 17.1. The lowest BCUT2D eigenvalue weighted by molar-refractivity contribution is -0.0580. The molecule has 3 unspecified atom stereocenters. The Labute approximate surface area is 97.0 Å². The summed E-state index contributed by atoms with van der Waals surface area (Å²) in [4.78, 5) is 0. The van der Waals surface area contributed by atoms with E-state index in [1.807, 2.05) is 13.8 Å². The van der Waals surface area contributed by atoms with Crippen LogP contribution in [0.5, 0.6) is 0 Å². The van der Waals surface area contributed by atoms with Crippen molar-refractivity contribution in [2.75, 3.05) is 33.0 Å². The Morgan fingerprint density at radius 1 is 1.06 bits per heavy atom. The van der Waals surface area contributed by atoms with Gasteiger partial charge < -0.3 is 24.8 Å². The molecule has 3 N–H and O–H groups in total. The van der Waals surface area contributed by atoms with Gasteiger partial charge in [-0.05, 0) is 6.42 Å². The van der Waals surface area contributed by atoms with Gasteiger partial charge in [0.05, 0.1) is 32.5 Å². The highest BCUT2D eigenvalue weighted by atomic mass is 16.5. The van der Waals surface area contributed by atoms with E-state index in [1.54, 1.807) is 0 Å². The molecule has 0 aliphatic carbocycles. The summed E-state index contributed by atoms with van der Waals surface area (Å²) in [6, 6.07) is 0. The maximum absolute atomic E-state index is 9.05. The highest BCUT2D eigenvalue weighted by Gasteiger charge is 2.10. The van der Waals surface area contributed by atoms with Gasteiger partial charge in [-0.25, -0.2) is 0 Å². The van der Waals surface area contributed by atoms with E-state index in [9.17, 15) is 0 Å². The van der Waals surface area contributed by atoms with Crippen LogP contribution < -0.4 is 0 Å². The number of ether oxygens (including phenoxy) is 2. The zero-order valence-corrected chi connectivity index (χ0v) is 10.1. The van der Waals surface area contributed by atoms with E-state index in [0.717, 1.165) is 6.42 Å². The highest BCUT2D eigenvalue weighted by Crippen LogP contribution is 2.03. The monoisotopic (exact) mass is 236 g/mol. The third-order valence-electron chi connectivity index (χ3n) is 2.21. The van der Waals surface area contributed by atoms with E-state index < -0.39 is 6.10 Å². The van der Waals surface area contributed by atoms with Crippen LogP contribution in [0.2, 0.25) is 0 Å². The van der Waals surface area contributed by atoms with Gasteiger partial charge in [0.2, 0.25) is 0 Å². The SMILES string of the molecule is CCC(COCC(O)CO)OCC(C)CO. The summed E-state index contributed by atoms with van der Waals surface area (Å²) >= 11 is 0. The lowest BCUT2D eigenvalue weighted by Crippen LogP contribution is -2.26. The molecule has 0 saturated heterocycles. The van der Waals surface area contributed by atoms with Crippen LogP contribution in [0.4, 0.5) is 0 Å². The minimum Gasteiger partial charge on any atom is -0.396 e. The van der Waals surface area contributed by atoms with Crippen molar-refractivity contribution >= 4 is 0 Å². The Kier molecular flexibility index (Phi) is 9.86. The Hall–Kier alpha value is -0.200. The van der Waals surface area contributed by atoms with Crippen LogP contribution in [0.15, 0.2) is 0 Å². The van der Waals surface area contributed by atoms with E-state index in [4.69, 9.17) is 24.8 Å². The molecular weight excluding hydrogens is 212 g/mol. The Morgan fingerprint density at radius 2 is 1.75 bits per heavy atom. The molecule has 0 aliphatic rings. The van der Waals surface area contributed by atoms with Crippen LogP contribution in [0.1, 0.15) is 20.3 Å². The number of aliphatic hydroxyl groups excluding tert-OH is 3. The first-order valence-electron chi connectivity index (χ1n) is 5.73. The molecule has 16 heavy (non-hydrogen) atoms. The Morgan fingerprint density at radius 3 is 2.25 bits per heavy atom. The summed E-state index contributed by atoms with van der Waals surface area (Å²) in [7, 11) is 0. The fourth-order valence-electron chi connectivity index (χ4n) is 1.03. The Balaban J connectivity index is 3.58. The Bertz CT molecular complexity index is 153. The molecule has 0 aliphatic heterocycles. The molecule has 5 heteroatoms. The van der Waals surface area contributed by atoms with E-state index in [2.05, 4.69) is 0 Å². The molecule has 0 radical (unpaired) electrons. The van der Waals surface area contributed by atoms with Gasteiger partial charge in [-0.3, -0.25) is 0 Å². The second-order valence-corrected chi connectivity index (χ2v) is 4.03. The molecule has 0 aromatic heterocycles. The first-order valence-corrected chi connectivity index (χ1v) is 5.73. The van der Waals surface area contributed by atoms with Crippen LogP contribution in [-0.4, -0.2) is 60.6 Å². The second kappa shape index (κ2) is 9.99. The third-order valence-corrected chi connectivity index (χ3v) is 2.21. The van der Waals surface area contributed by atoms with Crippen molar-refractivity contribution in [2.45, 2.75) is 32.5 Å². The molecular formula is C11H24O5. The standard InChI is InChI=1S/C11H24O5/c1-3-11(16-6-9(2)4-12)8-15-7-10(14)5-13/h9-14H,3-8H2,1-2H3. The van der Waals surface area contributed by atoms with Gasteiger partial charge in [-0.1, -0.05) is 13.8 Å². The summed E-state index contributed by atoms with van der Waals surface area (Å²) in [6.45, 7) is 4.72. The van der Waals surface area contributed by atoms with Crippen LogP contribution in [-0.2, 0) is 9.47 Å². The molecule has 0 amide bonds. The fourth-order valence-corrected chi connectivity index (χ4v) is 1.03.